The summed E-state index contributed by atoms with van der Waals surface area (Å²) >= 11 is 6.04. The Bertz CT molecular complexity index is 450. The summed E-state index contributed by atoms with van der Waals surface area (Å²) in [6.07, 6.45) is 1.72. The summed E-state index contributed by atoms with van der Waals surface area (Å²) < 4.78 is 5.08. The van der Waals surface area contributed by atoms with Gasteiger partial charge in [0.05, 0.1) is 6.61 Å². The third-order valence-electron chi connectivity index (χ3n) is 3.70. The van der Waals surface area contributed by atoms with Gasteiger partial charge in [0.1, 0.15) is 0 Å². The number of ether oxygens (including phenoxy) is 1. The Morgan fingerprint density at radius 3 is 2.95 bits per heavy atom. The first kappa shape index (κ1) is 14.2. The van der Waals surface area contributed by atoms with E-state index in [1.165, 1.54) is 5.56 Å². The number of rotatable bonds is 2. The molecular weight excluding hydrogens is 262 g/mol. The van der Waals surface area contributed by atoms with E-state index in [0.29, 0.717) is 12.5 Å². The summed E-state index contributed by atoms with van der Waals surface area (Å²) in [4.78, 5) is 13.6. The standard InChI is InChI=1S/C15H20ClNO2/c1-3-19-15(18)17-8-7-13(9-11(17)2)12-5-4-6-14(16)10-12/h4-6,10-11,13H,3,7-9H2,1-2H3. The van der Waals surface area contributed by atoms with Gasteiger partial charge in [-0.15, -0.1) is 0 Å². The number of carbonyl (C=O) groups is 1. The van der Waals surface area contributed by atoms with E-state index in [4.69, 9.17) is 16.3 Å². The van der Waals surface area contributed by atoms with Crippen LogP contribution in [0.15, 0.2) is 24.3 Å². The molecule has 1 amide bonds. The molecule has 0 radical (unpaired) electrons. The van der Waals surface area contributed by atoms with Crippen molar-refractivity contribution in [2.75, 3.05) is 13.2 Å². The fraction of sp³-hybridized carbons (Fsp3) is 0.533. The van der Waals surface area contributed by atoms with E-state index in [1.54, 1.807) is 0 Å². The fourth-order valence-corrected chi connectivity index (χ4v) is 2.91. The molecule has 104 valence electrons. The van der Waals surface area contributed by atoms with E-state index >= 15 is 0 Å². The van der Waals surface area contributed by atoms with Gasteiger partial charge >= 0.3 is 6.09 Å². The summed E-state index contributed by atoms with van der Waals surface area (Å²) in [7, 11) is 0. The van der Waals surface area contributed by atoms with Crippen molar-refractivity contribution in [1.29, 1.82) is 0 Å². The van der Waals surface area contributed by atoms with Crippen LogP contribution >= 0.6 is 11.6 Å². The summed E-state index contributed by atoms with van der Waals surface area (Å²) in [6, 6.07) is 8.22. The van der Waals surface area contributed by atoms with E-state index in [2.05, 4.69) is 13.0 Å². The van der Waals surface area contributed by atoms with Crippen LogP contribution in [0, 0.1) is 0 Å². The van der Waals surface area contributed by atoms with Crippen LogP contribution in [0.2, 0.25) is 5.02 Å². The zero-order valence-corrected chi connectivity index (χ0v) is 12.2. The topological polar surface area (TPSA) is 29.5 Å². The molecule has 4 heteroatoms. The highest BCUT2D eigenvalue weighted by molar-refractivity contribution is 6.30. The molecule has 1 saturated heterocycles. The summed E-state index contributed by atoms with van der Waals surface area (Å²) in [5.74, 6) is 0.472. The van der Waals surface area contributed by atoms with Crippen molar-refractivity contribution in [2.45, 2.75) is 38.6 Å². The zero-order chi connectivity index (χ0) is 13.8. The average Bonchev–Trinajstić information content (AvgIpc) is 2.38. The molecule has 3 nitrogen and oxygen atoms in total. The highest BCUT2D eigenvalue weighted by Gasteiger charge is 2.30. The number of carbonyl (C=O) groups excluding carboxylic acids is 1. The molecule has 1 aliphatic heterocycles. The van der Waals surface area contributed by atoms with E-state index < -0.39 is 0 Å². The lowest BCUT2D eigenvalue weighted by Gasteiger charge is -2.37. The van der Waals surface area contributed by atoms with Crippen molar-refractivity contribution in [3.8, 4) is 0 Å². The first-order valence-corrected chi connectivity index (χ1v) is 7.18. The minimum Gasteiger partial charge on any atom is -0.450 e. The third-order valence-corrected chi connectivity index (χ3v) is 3.93. The third kappa shape index (κ3) is 3.41. The number of nitrogens with zero attached hydrogens (tertiary/aromatic N) is 1. The molecule has 0 spiro atoms. The molecule has 2 unspecified atom stereocenters. The van der Waals surface area contributed by atoms with E-state index in [9.17, 15) is 4.79 Å². The Kier molecular flexibility index (Phi) is 4.70. The lowest BCUT2D eigenvalue weighted by molar-refractivity contribution is 0.0772. The van der Waals surface area contributed by atoms with E-state index in [0.717, 1.165) is 24.4 Å². The molecule has 1 fully saturated rings. The van der Waals surface area contributed by atoms with Crippen molar-refractivity contribution >= 4 is 17.7 Å². The van der Waals surface area contributed by atoms with Gasteiger partial charge in [0.15, 0.2) is 0 Å². The molecule has 0 aliphatic carbocycles. The highest BCUT2D eigenvalue weighted by Crippen LogP contribution is 2.32. The minimum atomic E-state index is -0.195. The molecule has 2 rings (SSSR count). The molecule has 1 heterocycles. The van der Waals surface area contributed by atoms with E-state index in [-0.39, 0.29) is 12.1 Å². The second-order valence-electron chi connectivity index (χ2n) is 5.02. The van der Waals surface area contributed by atoms with Crippen LogP contribution in [0.25, 0.3) is 0 Å². The maximum Gasteiger partial charge on any atom is 0.409 e. The van der Waals surface area contributed by atoms with Gasteiger partial charge in [-0.2, -0.15) is 0 Å². The number of piperidine rings is 1. The summed E-state index contributed by atoms with van der Waals surface area (Å²) in [5.41, 5.74) is 1.27. The quantitative estimate of drug-likeness (QED) is 0.818. The van der Waals surface area contributed by atoms with Crippen molar-refractivity contribution in [3.63, 3.8) is 0 Å². The van der Waals surface area contributed by atoms with E-state index in [1.807, 2.05) is 30.0 Å². The maximum absolute atomic E-state index is 11.8. The van der Waals surface area contributed by atoms with Crippen LogP contribution in [0.4, 0.5) is 4.79 Å². The molecule has 19 heavy (non-hydrogen) atoms. The van der Waals surface area contributed by atoms with Crippen LogP contribution in [-0.2, 0) is 4.74 Å². The number of hydrogen-bond donors (Lipinski definition) is 0. The van der Waals surface area contributed by atoms with Crippen molar-refractivity contribution in [1.82, 2.24) is 4.90 Å². The molecule has 0 N–H and O–H groups in total. The predicted octanol–water partition coefficient (Wildman–Crippen LogP) is 4.06. The molecule has 0 saturated carbocycles. The Morgan fingerprint density at radius 1 is 1.53 bits per heavy atom. The minimum absolute atomic E-state index is 0.195. The van der Waals surface area contributed by atoms with Crippen LogP contribution < -0.4 is 0 Å². The Hall–Kier alpha value is -1.22. The molecule has 2 atom stereocenters. The predicted molar refractivity (Wildman–Crippen MR) is 76.6 cm³/mol. The van der Waals surface area contributed by atoms with Gasteiger partial charge in [-0.05, 0) is 50.3 Å². The lowest BCUT2D eigenvalue weighted by atomic mass is 9.86. The van der Waals surface area contributed by atoms with Gasteiger partial charge in [0.2, 0.25) is 0 Å². The molecule has 1 aliphatic rings. The zero-order valence-electron chi connectivity index (χ0n) is 11.4. The fourth-order valence-electron chi connectivity index (χ4n) is 2.71. The summed E-state index contributed by atoms with van der Waals surface area (Å²) in [6.45, 7) is 5.09. The normalized spacial score (nSPS) is 23.2. The van der Waals surface area contributed by atoms with Gasteiger partial charge in [-0.3, -0.25) is 0 Å². The van der Waals surface area contributed by atoms with Gasteiger partial charge < -0.3 is 9.64 Å². The van der Waals surface area contributed by atoms with Crippen molar-refractivity contribution < 1.29 is 9.53 Å². The number of benzene rings is 1. The first-order chi connectivity index (χ1) is 9.11. The largest absolute Gasteiger partial charge is 0.450 e. The Morgan fingerprint density at radius 2 is 2.32 bits per heavy atom. The van der Waals surface area contributed by atoms with Crippen LogP contribution in [-0.4, -0.2) is 30.2 Å². The number of amides is 1. The highest BCUT2D eigenvalue weighted by atomic mass is 35.5. The molecule has 0 bridgehead atoms. The first-order valence-electron chi connectivity index (χ1n) is 6.80. The van der Waals surface area contributed by atoms with Gasteiger partial charge in [0, 0.05) is 17.6 Å². The van der Waals surface area contributed by atoms with Crippen molar-refractivity contribution in [3.05, 3.63) is 34.9 Å². The SMILES string of the molecule is CCOC(=O)N1CCC(c2cccc(Cl)c2)CC1C. The lowest BCUT2D eigenvalue weighted by Crippen LogP contribution is -2.44. The van der Waals surface area contributed by atoms with Crippen LogP contribution in [0.3, 0.4) is 0 Å². The second-order valence-corrected chi connectivity index (χ2v) is 5.45. The van der Waals surface area contributed by atoms with Crippen LogP contribution in [0.5, 0.6) is 0 Å². The van der Waals surface area contributed by atoms with Crippen LogP contribution in [0.1, 0.15) is 38.2 Å². The van der Waals surface area contributed by atoms with Gasteiger partial charge in [-0.1, -0.05) is 23.7 Å². The van der Waals surface area contributed by atoms with Gasteiger partial charge in [0.25, 0.3) is 0 Å². The molecule has 1 aromatic rings. The van der Waals surface area contributed by atoms with Crippen molar-refractivity contribution in [2.24, 2.45) is 0 Å². The number of likely N-dealkylation sites (tertiary alicyclic amines) is 1. The Labute approximate surface area is 119 Å². The molecule has 0 aromatic heterocycles. The molecular formula is C15H20ClNO2. The number of hydrogen-bond acceptors (Lipinski definition) is 2. The van der Waals surface area contributed by atoms with Gasteiger partial charge in [-0.25, -0.2) is 4.79 Å². The second kappa shape index (κ2) is 6.29. The summed E-state index contributed by atoms with van der Waals surface area (Å²) in [5, 5.41) is 0.776. The smallest absolute Gasteiger partial charge is 0.409 e. The average molecular weight is 282 g/mol. The monoisotopic (exact) mass is 281 g/mol. The maximum atomic E-state index is 11.8. The molecule has 1 aromatic carbocycles. The number of halogens is 1. The Balaban J connectivity index is 2.02.